The molecule has 1 aromatic rings. The van der Waals surface area contributed by atoms with Crippen LogP contribution in [0.2, 0.25) is 0 Å². The van der Waals surface area contributed by atoms with Gasteiger partial charge >= 0.3 is 5.97 Å². The Morgan fingerprint density at radius 3 is 2.70 bits per heavy atom. The Kier molecular flexibility index (Phi) is 4.01. The van der Waals surface area contributed by atoms with Crippen LogP contribution in [0.1, 0.15) is 41.5 Å². The van der Waals surface area contributed by atoms with Crippen molar-refractivity contribution in [1.29, 1.82) is 0 Å². The predicted molar refractivity (Wildman–Crippen MR) is 72.4 cm³/mol. The normalized spacial score (nSPS) is 22.6. The van der Waals surface area contributed by atoms with Gasteiger partial charge in [0.1, 0.15) is 6.04 Å². The molecule has 6 nitrogen and oxygen atoms in total. The molecule has 1 aromatic heterocycles. The molecule has 0 aliphatic carbocycles. The molecule has 108 valence electrons. The quantitative estimate of drug-likeness (QED) is 0.883. The molecule has 1 aliphatic heterocycles. The van der Waals surface area contributed by atoms with E-state index in [9.17, 15) is 14.7 Å². The van der Waals surface area contributed by atoms with Crippen molar-refractivity contribution in [3.63, 3.8) is 0 Å². The molecule has 6 heteroatoms. The van der Waals surface area contributed by atoms with Gasteiger partial charge in [0.25, 0.3) is 5.91 Å². The molecule has 1 N–H and O–H groups in total. The van der Waals surface area contributed by atoms with Crippen LogP contribution in [0.3, 0.4) is 0 Å². The van der Waals surface area contributed by atoms with E-state index in [2.05, 4.69) is 10.2 Å². The van der Waals surface area contributed by atoms with E-state index in [4.69, 9.17) is 0 Å². The summed E-state index contributed by atoms with van der Waals surface area (Å²) in [5.41, 5.74) is 1.62. The Balaban J connectivity index is 2.31. The van der Waals surface area contributed by atoms with E-state index in [1.807, 2.05) is 6.92 Å². The summed E-state index contributed by atoms with van der Waals surface area (Å²) in [5, 5.41) is 17.2. The zero-order valence-electron chi connectivity index (χ0n) is 12.0. The van der Waals surface area contributed by atoms with Crippen LogP contribution in [-0.2, 0) is 4.79 Å². The number of likely N-dealkylation sites (tertiary alicyclic amines) is 1. The summed E-state index contributed by atoms with van der Waals surface area (Å²) in [5.74, 6) is -0.889. The number of amides is 1. The topological polar surface area (TPSA) is 83.4 Å². The second-order valence-electron chi connectivity index (χ2n) is 5.47. The first-order valence-corrected chi connectivity index (χ1v) is 6.75. The highest BCUT2D eigenvalue weighted by Crippen LogP contribution is 2.25. The number of carboxylic acid groups (broad SMARTS) is 1. The van der Waals surface area contributed by atoms with Gasteiger partial charge in [-0.25, -0.2) is 4.79 Å². The van der Waals surface area contributed by atoms with Crippen LogP contribution in [-0.4, -0.2) is 44.7 Å². The molecule has 2 unspecified atom stereocenters. The minimum absolute atomic E-state index is 0.264. The number of aliphatic carboxylic acids is 1. The summed E-state index contributed by atoms with van der Waals surface area (Å²) >= 11 is 0. The van der Waals surface area contributed by atoms with Gasteiger partial charge < -0.3 is 10.0 Å². The minimum Gasteiger partial charge on any atom is -0.480 e. The monoisotopic (exact) mass is 277 g/mol. The van der Waals surface area contributed by atoms with Gasteiger partial charge in [0, 0.05) is 6.54 Å². The van der Waals surface area contributed by atoms with Gasteiger partial charge in [-0.3, -0.25) is 4.79 Å². The first kappa shape index (κ1) is 14.4. The Morgan fingerprint density at radius 1 is 1.35 bits per heavy atom. The molecule has 2 rings (SSSR count). The molecule has 1 amide bonds. The van der Waals surface area contributed by atoms with Crippen molar-refractivity contribution in [2.45, 2.75) is 39.7 Å². The second kappa shape index (κ2) is 5.56. The highest BCUT2D eigenvalue weighted by atomic mass is 16.4. The third kappa shape index (κ3) is 2.79. The smallest absolute Gasteiger partial charge is 0.326 e. The summed E-state index contributed by atoms with van der Waals surface area (Å²) in [7, 11) is 0. The molecule has 0 saturated carbocycles. The number of nitrogens with zero attached hydrogens (tertiary/aromatic N) is 3. The molecule has 0 radical (unpaired) electrons. The maximum atomic E-state index is 12.6. The Hall–Kier alpha value is -1.98. The van der Waals surface area contributed by atoms with Gasteiger partial charge in [-0.1, -0.05) is 6.92 Å². The molecule has 0 aromatic carbocycles. The summed E-state index contributed by atoms with van der Waals surface area (Å²) in [6.07, 6.45) is 1.32. The van der Waals surface area contributed by atoms with Crippen molar-refractivity contribution in [3.8, 4) is 0 Å². The molecule has 1 fully saturated rings. The Bertz CT molecular complexity index is 544. The van der Waals surface area contributed by atoms with E-state index >= 15 is 0 Å². The predicted octanol–water partition coefficient (Wildman–Crippen LogP) is 1.42. The molecule has 0 bridgehead atoms. The van der Waals surface area contributed by atoms with Crippen LogP contribution >= 0.6 is 0 Å². The fraction of sp³-hybridized carbons (Fsp3) is 0.571. The zero-order chi connectivity index (χ0) is 14.9. The molecule has 2 atom stereocenters. The minimum atomic E-state index is -0.943. The molecule has 20 heavy (non-hydrogen) atoms. The fourth-order valence-electron chi connectivity index (χ4n) is 2.54. The van der Waals surface area contributed by atoms with Crippen LogP contribution in [0.4, 0.5) is 0 Å². The number of aromatic nitrogens is 2. The van der Waals surface area contributed by atoms with Crippen molar-refractivity contribution in [3.05, 3.63) is 23.0 Å². The molecule has 2 heterocycles. The molecular weight excluding hydrogens is 258 g/mol. The molecule has 1 aliphatic rings. The Morgan fingerprint density at radius 2 is 2.05 bits per heavy atom. The highest BCUT2D eigenvalue weighted by Gasteiger charge is 2.35. The lowest BCUT2D eigenvalue weighted by atomic mass is 9.92. The number of piperidine rings is 1. The van der Waals surface area contributed by atoms with Crippen molar-refractivity contribution in [2.75, 3.05) is 6.54 Å². The molecule has 1 saturated heterocycles. The number of carboxylic acids is 1. The third-order valence-corrected chi connectivity index (χ3v) is 3.74. The largest absolute Gasteiger partial charge is 0.480 e. The number of hydrogen-bond donors (Lipinski definition) is 1. The summed E-state index contributed by atoms with van der Waals surface area (Å²) in [6.45, 7) is 5.96. The van der Waals surface area contributed by atoms with E-state index in [1.165, 1.54) is 4.90 Å². The third-order valence-electron chi connectivity index (χ3n) is 3.74. The van der Waals surface area contributed by atoms with E-state index in [0.717, 1.165) is 6.42 Å². The first-order chi connectivity index (χ1) is 9.40. The summed E-state index contributed by atoms with van der Waals surface area (Å²) in [4.78, 5) is 25.4. The number of rotatable bonds is 2. The van der Waals surface area contributed by atoms with E-state index < -0.39 is 12.0 Å². The summed E-state index contributed by atoms with van der Waals surface area (Å²) in [6, 6.07) is 0.917. The van der Waals surface area contributed by atoms with Crippen molar-refractivity contribution in [2.24, 2.45) is 5.92 Å². The standard InChI is InChI=1S/C14H19N3O3/c1-8-4-5-17(12(6-8)14(19)20)13(18)11-7-9(2)15-16-10(11)3/h7-8,12H,4-6H2,1-3H3,(H,19,20). The number of aryl methyl sites for hydroxylation is 2. The molecular formula is C14H19N3O3. The maximum absolute atomic E-state index is 12.6. The summed E-state index contributed by atoms with van der Waals surface area (Å²) < 4.78 is 0. The molecule has 0 spiro atoms. The maximum Gasteiger partial charge on any atom is 0.326 e. The Labute approximate surface area is 117 Å². The van der Waals surface area contributed by atoms with Crippen molar-refractivity contribution in [1.82, 2.24) is 15.1 Å². The van der Waals surface area contributed by atoms with Gasteiger partial charge in [0.05, 0.1) is 17.0 Å². The van der Waals surface area contributed by atoms with E-state index in [1.54, 1.807) is 19.9 Å². The zero-order valence-corrected chi connectivity index (χ0v) is 12.0. The van der Waals surface area contributed by atoms with E-state index in [-0.39, 0.29) is 5.91 Å². The van der Waals surface area contributed by atoms with Crippen molar-refractivity contribution < 1.29 is 14.7 Å². The van der Waals surface area contributed by atoms with E-state index in [0.29, 0.717) is 35.8 Å². The van der Waals surface area contributed by atoms with Gasteiger partial charge in [-0.05, 0) is 38.7 Å². The first-order valence-electron chi connectivity index (χ1n) is 6.75. The number of carbonyl (C=O) groups is 2. The lowest BCUT2D eigenvalue weighted by Gasteiger charge is -2.36. The lowest BCUT2D eigenvalue weighted by Crippen LogP contribution is -2.50. The van der Waals surface area contributed by atoms with Gasteiger partial charge in [-0.2, -0.15) is 10.2 Å². The van der Waals surface area contributed by atoms with Crippen molar-refractivity contribution >= 4 is 11.9 Å². The fourth-order valence-corrected chi connectivity index (χ4v) is 2.54. The van der Waals surface area contributed by atoms with Gasteiger partial charge in [-0.15, -0.1) is 0 Å². The van der Waals surface area contributed by atoms with Crippen LogP contribution in [0.5, 0.6) is 0 Å². The van der Waals surface area contributed by atoms with Crippen LogP contribution in [0, 0.1) is 19.8 Å². The lowest BCUT2D eigenvalue weighted by molar-refractivity contribution is -0.144. The van der Waals surface area contributed by atoms with Crippen LogP contribution in [0.25, 0.3) is 0 Å². The second-order valence-corrected chi connectivity index (χ2v) is 5.47. The average Bonchev–Trinajstić information content (AvgIpc) is 2.40. The van der Waals surface area contributed by atoms with Gasteiger partial charge in [0.2, 0.25) is 0 Å². The van der Waals surface area contributed by atoms with Crippen LogP contribution < -0.4 is 0 Å². The highest BCUT2D eigenvalue weighted by molar-refractivity contribution is 5.97. The average molecular weight is 277 g/mol. The SMILES string of the molecule is Cc1cc(C(=O)N2CCC(C)CC2C(=O)O)c(C)nn1. The van der Waals surface area contributed by atoms with Crippen LogP contribution in [0.15, 0.2) is 6.07 Å². The number of hydrogen-bond acceptors (Lipinski definition) is 4. The number of carbonyl (C=O) groups excluding carboxylic acids is 1. The van der Waals surface area contributed by atoms with Gasteiger partial charge in [0.15, 0.2) is 0 Å².